The zero-order valence-electron chi connectivity index (χ0n) is 15.9. The van der Waals surface area contributed by atoms with E-state index in [1.165, 1.54) is 21.3 Å². The van der Waals surface area contributed by atoms with Gasteiger partial charge in [-0.05, 0) is 36.4 Å². The molecule has 1 aromatic carbocycles. The molecule has 0 radical (unpaired) electrons. The Hall–Kier alpha value is -2.65. The van der Waals surface area contributed by atoms with Gasteiger partial charge in [-0.2, -0.15) is 4.31 Å². The lowest BCUT2D eigenvalue weighted by molar-refractivity contribution is -0.123. The number of carbonyl (C=O) groups excluding carboxylic acids is 2. The Morgan fingerprint density at radius 3 is 2.32 bits per heavy atom. The summed E-state index contributed by atoms with van der Waals surface area (Å²) in [7, 11) is -3.55. The molecule has 1 N–H and O–H groups in total. The SMILES string of the molecule is CCN(CC)S(=O)(=O)c1ccc(N2C[C@@H](C(=O)Nn3cccc3)CC2=O)cc1. The number of hydrogen-bond acceptors (Lipinski definition) is 4. The molecule has 3 rings (SSSR count). The van der Waals surface area contributed by atoms with Gasteiger partial charge >= 0.3 is 0 Å². The van der Waals surface area contributed by atoms with E-state index in [2.05, 4.69) is 5.43 Å². The maximum Gasteiger partial charge on any atom is 0.244 e. The van der Waals surface area contributed by atoms with Gasteiger partial charge in [0.2, 0.25) is 21.8 Å². The van der Waals surface area contributed by atoms with Crippen LogP contribution in [0, 0.1) is 5.92 Å². The Kier molecular flexibility index (Phi) is 5.85. The number of sulfonamides is 1. The molecular weight excluding hydrogens is 380 g/mol. The standard InChI is InChI=1S/C19H24N4O4S/c1-3-22(4-2)28(26,27)17-9-7-16(8-10-17)23-14-15(13-18(23)24)19(25)20-21-11-5-6-12-21/h5-12,15H,3-4,13-14H2,1-2H3,(H,20,25)/t15-/m0/s1. The van der Waals surface area contributed by atoms with Gasteiger partial charge in [-0.15, -0.1) is 0 Å². The quantitative estimate of drug-likeness (QED) is 0.759. The van der Waals surface area contributed by atoms with Crippen LogP contribution in [0.2, 0.25) is 0 Å². The molecule has 0 saturated carbocycles. The van der Waals surface area contributed by atoms with Crippen LogP contribution in [-0.4, -0.2) is 48.8 Å². The third-order valence-electron chi connectivity index (χ3n) is 4.83. The fourth-order valence-corrected chi connectivity index (χ4v) is 4.73. The molecule has 2 heterocycles. The molecule has 1 aliphatic heterocycles. The van der Waals surface area contributed by atoms with Gasteiger partial charge in [0.25, 0.3) is 0 Å². The number of hydrogen-bond donors (Lipinski definition) is 1. The summed E-state index contributed by atoms with van der Waals surface area (Å²) in [5.41, 5.74) is 3.31. The van der Waals surface area contributed by atoms with Crippen LogP contribution < -0.4 is 10.3 Å². The highest BCUT2D eigenvalue weighted by atomic mass is 32.2. The van der Waals surface area contributed by atoms with Crippen molar-refractivity contribution in [3.05, 3.63) is 48.8 Å². The molecule has 0 bridgehead atoms. The van der Waals surface area contributed by atoms with E-state index in [0.29, 0.717) is 18.8 Å². The molecule has 0 unspecified atom stereocenters. The van der Waals surface area contributed by atoms with E-state index in [9.17, 15) is 18.0 Å². The summed E-state index contributed by atoms with van der Waals surface area (Å²) in [6.45, 7) is 4.62. The van der Waals surface area contributed by atoms with Gasteiger partial charge in [0.15, 0.2) is 0 Å². The lowest BCUT2D eigenvalue weighted by Gasteiger charge is -2.20. The average Bonchev–Trinajstić information content (AvgIpc) is 3.32. The van der Waals surface area contributed by atoms with E-state index in [0.717, 1.165) is 0 Å². The first-order valence-electron chi connectivity index (χ1n) is 9.21. The normalized spacial score (nSPS) is 17.3. The minimum Gasteiger partial charge on any atom is -0.312 e. The summed E-state index contributed by atoms with van der Waals surface area (Å²) in [4.78, 5) is 26.5. The van der Waals surface area contributed by atoms with Crippen molar-refractivity contribution in [3.8, 4) is 0 Å². The lowest BCUT2D eigenvalue weighted by Crippen LogP contribution is -2.31. The molecule has 1 atom stereocenters. The average molecular weight is 404 g/mol. The molecule has 150 valence electrons. The van der Waals surface area contributed by atoms with E-state index >= 15 is 0 Å². The Labute approximate surface area is 164 Å². The van der Waals surface area contributed by atoms with Gasteiger partial charge in [-0.25, -0.2) is 8.42 Å². The molecule has 2 aromatic rings. The number of nitrogens with zero attached hydrogens (tertiary/aromatic N) is 3. The summed E-state index contributed by atoms with van der Waals surface area (Å²) < 4.78 is 28.1. The molecule has 0 spiro atoms. The van der Waals surface area contributed by atoms with Crippen LogP contribution in [0.25, 0.3) is 0 Å². The van der Waals surface area contributed by atoms with Gasteiger partial charge in [0.1, 0.15) is 0 Å². The van der Waals surface area contributed by atoms with Crippen LogP contribution in [0.1, 0.15) is 20.3 Å². The van der Waals surface area contributed by atoms with Crippen molar-refractivity contribution in [3.63, 3.8) is 0 Å². The number of amides is 2. The molecular formula is C19H24N4O4S. The molecule has 9 heteroatoms. The first-order valence-corrected chi connectivity index (χ1v) is 10.6. The second kappa shape index (κ2) is 8.15. The Balaban J connectivity index is 1.72. The van der Waals surface area contributed by atoms with Crippen LogP contribution >= 0.6 is 0 Å². The molecule has 1 saturated heterocycles. The maximum atomic E-state index is 12.6. The van der Waals surface area contributed by atoms with Crippen molar-refractivity contribution in [2.24, 2.45) is 5.92 Å². The number of carbonyl (C=O) groups is 2. The highest BCUT2D eigenvalue weighted by Gasteiger charge is 2.35. The topological polar surface area (TPSA) is 91.7 Å². The first-order chi connectivity index (χ1) is 13.4. The fraction of sp³-hybridized carbons (Fsp3) is 0.368. The number of rotatable bonds is 7. The zero-order chi connectivity index (χ0) is 20.3. The maximum absolute atomic E-state index is 12.6. The van der Waals surface area contributed by atoms with Crippen molar-refractivity contribution in [1.29, 1.82) is 0 Å². The van der Waals surface area contributed by atoms with Crippen molar-refractivity contribution >= 4 is 27.5 Å². The summed E-state index contributed by atoms with van der Waals surface area (Å²) in [5, 5.41) is 0. The monoisotopic (exact) mass is 404 g/mol. The van der Waals surface area contributed by atoms with Crippen LogP contribution in [0.15, 0.2) is 53.7 Å². The van der Waals surface area contributed by atoms with Crippen molar-refractivity contribution < 1.29 is 18.0 Å². The molecule has 1 aromatic heterocycles. The molecule has 8 nitrogen and oxygen atoms in total. The van der Waals surface area contributed by atoms with Gasteiger partial charge in [-0.1, -0.05) is 13.8 Å². The number of nitrogens with one attached hydrogen (secondary N) is 1. The van der Waals surface area contributed by atoms with Crippen LogP contribution in [0.5, 0.6) is 0 Å². The fourth-order valence-electron chi connectivity index (χ4n) is 3.27. The Bertz CT molecular complexity index is 935. The van der Waals surface area contributed by atoms with E-state index < -0.39 is 15.9 Å². The number of anilines is 1. The smallest absolute Gasteiger partial charge is 0.244 e. The second-order valence-electron chi connectivity index (χ2n) is 6.55. The van der Waals surface area contributed by atoms with E-state index in [1.54, 1.807) is 55.2 Å². The molecule has 28 heavy (non-hydrogen) atoms. The molecule has 1 fully saturated rings. The minimum absolute atomic E-state index is 0.118. The number of benzene rings is 1. The first kappa shape index (κ1) is 20.1. The van der Waals surface area contributed by atoms with Crippen molar-refractivity contribution in [2.45, 2.75) is 25.2 Å². The summed E-state index contributed by atoms with van der Waals surface area (Å²) in [6, 6.07) is 9.81. The highest BCUT2D eigenvalue weighted by molar-refractivity contribution is 7.89. The summed E-state index contributed by atoms with van der Waals surface area (Å²) >= 11 is 0. The highest BCUT2D eigenvalue weighted by Crippen LogP contribution is 2.27. The molecule has 2 amide bonds. The zero-order valence-corrected chi connectivity index (χ0v) is 16.7. The van der Waals surface area contributed by atoms with Gasteiger partial charge in [-0.3, -0.25) is 19.7 Å². The summed E-state index contributed by atoms with van der Waals surface area (Å²) in [6.07, 6.45) is 3.54. The Morgan fingerprint density at radius 1 is 1.14 bits per heavy atom. The van der Waals surface area contributed by atoms with Crippen molar-refractivity contribution in [1.82, 2.24) is 8.98 Å². The van der Waals surface area contributed by atoms with Crippen LogP contribution in [0.4, 0.5) is 5.69 Å². The van der Waals surface area contributed by atoms with Gasteiger partial charge in [0.05, 0.1) is 10.8 Å². The molecule has 1 aliphatic rings. The van der Waals surface area contributed by atoms with Crippen LogP contribution in [0.3, 0.4) is 0 Å². The Morgan fingerprint density at radius 2 is 1.75 bits per heavy atom. The predicted octanol–water partition coefficient (Wildman–Crippen LogP) is 1.64. The second-order valence-corrected chi connectivity index (χ2v) is 8.49. The van der Waals surface area contributed by atoms with Crippen molar-refractivity contribution in [2.75, 3.05) is 30.0 Å². The third-order valence-corrected chi connectivity index (χ3v) is 6.90. The van der Waals surface area contributed by atoms with E-state index in [4.69, 9.17) is 0 Å². The van der Waals surface area contributed by atoms with Gasteiger partial charge in [0, 0.05) is 44.1 Å². The molecule has 0 aliphatic carbocycles. The lowest BCUT2D eigenvalue weighted by atomic mass is 10.1. The summed E-state index contributed by atoms with van der Waals surface area (Å²) in [5.74, 6) is -0.853. The van der Waals surface area contributed by atoms with E-state index in [-0.39, 0.29) is 29.7 Å². The number of aromatic nitrogens is 1. The minimum atomic E-state index is -3.55. The van der Waals surface area contributed by atoms with Crippen LogP contribution in [-0.2, 0) is 19.6 Å². The van der Waals surface area contributed by atoms with E-state index in [1.807, 2.05) is 0 Å². The predicted molar refractivity (Wildman–Crippen MR) is 106 cm³/mol. The largest absolute Gasteiger partial charge is 0.312 e. The third kappa shape index (κ3) is 3.95. The van der Waals surface area contributed by atoms with Gasteiger partial charge < -0.3 is 4.90 Å².